The zero-order valence-electron chi connectivity index (χ0n) is 15.0. The fraction of sp³-hybridized carbons (Fsp3) is 0.333. The molecule has 1 fully saturated rings. The Hall–Kier alpha value is -2.53. The summed E-state index contributed by atoms with van der Waals surface area (Å²) in [7, 11) is 1.68. The number of nitrogens with zero attached hydrogens (tertiary/aromatic N) is 1. The zero-order chi connectivity index (χ0) is 17.9. The van der Waals surface area contributed by atoms with Gasteiger partial charge in [-0.3, -0.25) is 0 Å². The van der Waals surface area contributed by atoms with Crippen molar-refractivity contribution in [1.29, 1.82) is 0 Å². The van der Waals surface area contributed by atoms with Crippen LogP contribution in [0.2, 0.25) is 0 Å². The van der Waals surface area contributed by atoms with Gasteiger partial charge in [0.1, 0.15) is 11.6 Å². The van der Waals surface area contributed by atoms with Crippen LogP contribution in [0.5, 0.6) is 5.75 Å². The molecule has 5 heteroatoms. The first-order chi connectivity index (χ1) is 12.7. The van der Waals surface area contributed by atoms with Gasteiger partial charge in [-0.25, -0.2) is 4.39 Å². The molecule has 3 aromatic rings. The van der Waals surface area contributed by atoms with Crippen molar-refractivity contribution in [1.82, 2.24) is 10.3 Å². The predicted molar refractivity (Wildman–Crippen MR) is 103 cm³/mol. The number of nitrogens with one attached hydrogen (secondary N) is 2. The molecule has 2 heterocycles. The number of piperidine rings is 1. The maximum absolute atomic E-state index is 13.9. The van der Waals surface area contributed by atoms with Gasteiger partial charge in [0.2, 0.25) is 0 Å². The Bertz CT molecular complexity index is 884. The van der Waals surface area contributed by atoms with E-state index in [0.29, 0.717) is 6.04 Å². The van der Waals surface area contributed by atoms with Crippen LogP contribution in [0.4, 0.5) is 10.1 Å². The lowest BCUT2D eigenvalue weighted by molar-refractivity contribution is 0.410. The van der Waals surface area contributed by atoms with Crippen LogP contribution in [-0.4, -0.2) is 31.2 Å². The lowest BCUT2D eigenvalue weighted by Crippen LogP contribution is -2.42. The summed E-state index contributed by atoms with van der Waals surface area (Å²) in [4.78, 5) is 5.59. The second-order valence-electron chi connectivity index (χ2n) is 6.84. The summed E-state index contributed by atoms with van der Waals surface area (Å²) in [6.07, 6.45) is 2.03. The number of hydrogen-bond acceptors (Lipinski definition) is 3. The maximum Gasteiger partial charge on any atom is 0.146 e. The number of halogens is 1. The molecule has 0 bridgehead atoms. The van der Waals surface area contributed by atoms with Gasteiger partial charge >= 0.3 is 0 Å². The first-order valence-electron chi connectivity index (χ1n) is 9.11. The van der Waals surface area contributed by atoms with Gasteiger partial charge in [0, 0.05) is 42.3 Å². The van der Waals surface area contributed by atoms with Gasteiger partial charge in [0.05, 0.1) is 12.8 Å². The van der Waals surface area contributed by atoms with Gasteiger partial charge in [-0.1, -0.05) is 12.1 Å². The highest BCUT2D eigenvalue weighted by Gasteiger charge is 2.20. The van der Waals surface area contributed by atoms with Gasteiger partial charge in [-0.15, -0.1) is 0 Å². The number of benzene rings is 2. The number of H-pyrrole nitrogens is 1. The molecule has 26 heavy (non-hydrogen) atoms. The molecule has 0 saturated carbocycles. The Morgan fingerprint density at radius 3 is 2.73 bits per heavy atom. The van der Waals surface area contributed by atoms with E-state index < -0.39 is 0 Å². The van der Waals surface area contributed by atoms with Crippen LogP contribution >= 0.6 is 0 Å². The third-order valence-electron chi connectivity index (χ3n) is 5.15. The zero-order valence-corrected chi connectivity index (χ0v) is 15.0. The monoisotopic (exact) mass is 353 g/mol. The van der Waals surface area contributed by atoms with Gasteiger partial charge in [-0.05, 0) is 49.2 Å². The molecule has 0 aliphatic carbocycles. The van der Waals surface area contributed by atoms with Crippen molar-refractivity contribution in [2.45, 2.75) is 25.4 Å². The molecule has 0 spiro atoms. The molecule has 1 aliphatic heterocycles. The van der Waals surface area contributed by atoms with Gasteiger partial charge in [-0.2, -0.15) is 0 Å². The second kappa shape index (κ2) is 7.38. The Morgan fingerprint density at radius 2 is 1.96 bits per heavy atom. The minimum absolute atomic E-state index is 0.132. The van der Waals surface area contributed by atoms with Crippen LogP contribution in [0, 0.1) is 5.82 Å². The Labute approximate surface area is 153 Å². The van der Waals surface area contributed by atoms with E-state index in [1.165, 1.54) is 11.8 Å². The van der Waals surface area contributed by atoms with Crippen molar-refractivity contribution in [3.8, 4) is 5.75 Å². The lowest BCUT2D eigenvalue weighted by atomic mass is 10.0. The summed E-state index contributed by atoms with van der Waals surface area (Å²) < 4.78 is 19.2. The highest BCUT2D eigenvalue weighted by molar-refractivity contribution is 5.81. The van der Waals surface area contributed by atoms with Crippen molar-refractivity contribution in [3.05, 3.63) is 60.0 Å². The number of fused-ring (bicyclic) bond motifs is 1. The minimum atomic E-state index is -0.132. The second-order valence-corrected chi connectivity index (χ2v) is 6.84. The molecule has 0 amide bonds. The van der Waals surface area contributed by atoms with Crippen LogP contribution < -0.4 is 15.0 Å². The first kappa shape index (κ1) is 16.9. The minimum Gasteiger partial charge on any atom is -0.497 e. The van der Waals surface area contributed by atoms with Crippen LogP contribution in [0.3, 0.4) is 0 Å². The van der Waals surface area contributed by atoms with Crippen molar-refractivity contribution in [2.24, 2.45) is 0 Å². The molecule has 4 nitrogen and oxygen atoms in total. The smallest absolute Gasteiger partial charge is 0.146 e. The van der Waals surface area contributed by atoms with E-state index in [1.807, 2.05) is 30.3 Å². The largest absolute Gasteiger partial charge is 0.497 e. The molecule has 0 unspecified atom stereocenters. The summed E-state index contributed by atoms with van der Waals surface area (Å²) in [6.45, 7) is 2.56. The van der Waals surface area contributed by atoms with Gasteiger partial charge in [0.15, 0.2) is 0 Å². The van der Waals surface area contributed by atoms with Crippen LogP contribution in [0.25, 0.3) is 10.9 Å². The van der Waals surface area contributed by atoms with Gasteiger partial charge < -0.3 is 19.9 Å². The van der Waals surface area contributed by atoms with Crippen molar-refractivity contribution in [3.63, 3.8) is 0 Å². The first-order valence-corrected chi connectivity index (χ1v) is 9.11. The molecule has 2 aromatic carbocycles. The molecular formula is C21H24FN3O. The normalized spacial score (nSPS) is 15.5. The number of aromatic nitrogens is 1. The number of rotatable bonds is 5. The SMILES string of the molecule is COc1ccc2[nH]c(CNC3CCN(c4ccccc4F)CC3)cc2c1. The van der Waals surface area contributed by atoms with E-state index in [4.69, 9.17) is 4.74 Å². The number of methoxy groups -OCH3 is 1. The topological polar surface area (TPSA) is 40.3 Å². The van der Waals surface area contributed by atoms with Crippen LogP contribution in [0.15, 0.2) is 48.5 Å². The van der Waals surface area contributed by atoms with E-state index in [2.05, 4.69) is 21.3 Å². The third kappa shape index (κ3) is 3.53. The number of para-hydroxylation sites is 1. The quantitative estimate of drug-likeness (QED) is 0.726. The fourth-order valence-corrected chi connectivity index (χ4v) is 3.68. The van der Waals surface area contributed by atoms with Crippen molar-refractivity contribution in [2.75, 3.05) is 25.1 Å². The van der Waals surface area contributed by atoms with Crippen molar-refractivity contribution >= 4 is 16.6 Å². The van der Waals surface area contributed by atoms with Gasteiger partial charge in [0.25, 0.3) is 0 Å². The van der Waals surface area contributed by atoms with Crippen molar-refractivity contribution < 1.29 is 9.13 Å². The summed E-state index contributed by atoms with van der Waals surface area (Å²) >= 11 is 0. The number of anilines is 1. The van der Waals surface area contributed by atoms with Crippen LogP contribution in [-0.2, 0) is 6.54 Å². The lowest BCUT2D eigenvalue weighted by Gasteiger charge is -2.34. The van der Waals surface area contributed by atoms with E-state index in [1.54, 1.807) is 13.2 Å². The fourth-order valence-electron chi connectivity index (χ4n) is 3.68. The highest BCUT2D eigenvalue weighted by atomic mass is 19.1. The Balaban J connectivity index is 1.33. The average Bonchev–Trinajstić information content (AvgIpc) is 3.09. The van der Waals surface area contributed by atoms with Crippen LogP contribution in [0.1, 0.15) is 18.5 Å². The Morgan fingerprint density at radius 1 is 1.15 bits per heavy atom. The molecule has 0 radical (unpaired) electrons. The standard InChI is InChI=1S/C21H24FN3O/c1-26-18-6-7-20-15(13-18)12-17(24-20)14-23-16-8-10-25(11-9-16)21-5-3-2-4-19(21)22/h2-7,12-13,16,23-24H,8-11,14H2,1H3. The number of aromatic amines is 1. The molecular weight excluding hydrogens is 329 g/mol. The van der Waals surface area contributed by atoms with E-state index in [0.717, 1.165) is 54.8 Å². The number of ether oxygens (including phenoxy) is 1. The molecule has 136 valence electrons. The maximum atomic E-state index is 13.9. The van der Waals surface area contributed by atoms with E-state index in [-0.39, 0.29) is 5.82 Å². The summed E-state index contributed by atoms with van der Waals surface area (Å²) in [6, 6.07) is 15.7. The molecule has 2 N–H and O–H groups in total. The highest BCUT2D eigenvalue weighted by Crippen LogP contribution is 2.24. The summed E-state index contributed by atoms with van der Waals surface area (Å²) in [5.41, 5.74) is 3.01. The predicted octanol–water partition coefficient (Wildman–Crippen LogP) is 4.07. The van der Waals surface area contributed by atoms with E-state index in [9.17, 15) is 4.39 Å². The Kier molecular flexibility index (Phi) is 4.80. The number of hydrogen-bond donors (Lipinski definition) is 2. The molecule has 1 aromatic heterocycles. The third-order valence-corrected chi connectivity index (χ3v) is 5.15. The summed E-state index contributed by atoms with van der Waals surface area (Å²) in [5, 5.41) is 4.79. The molecule has 1 saturated heterocycles. The average molecular weight is 353 g/mol. The van der Waals surface area contributed by atoms with E-state index >= 15 is 0 Å². The molecule has 1 aliphatic rings. The molecule has 4 rings (SSSR count). The summed E-state index contributed by atoms with van der Waals surface area (Å²) in [5.74, 6) is 0.740. The molecule has 0 atom stereocenters.